The summed E-state index contributed by atoms with van der Waals surface area (Å²) in [6.07, 6.45) is 3.65. The first-order valence-electron chi connectivity index (χ1n) is 7.36. The van der Waals surface area contributed by atoms with Crippen LogP contribution in [0.3, 0.4) is 0 Å². The van der Waals surface area contributed by atoms with Crippen molar-refractivity contribution in [2.75, 3.05) is 13.1 Å². The molecule has 1 saturated carbocycles. The molecule has 1 aromatic carbocycles. The van der Waals surface area contributed by atoms with Crippen molar-refractivity contribution in [1.29, 1.82) is 0 Å². The smallest absolute Gasteiger partial charge is 0.321 e. The average Bonchev–Trinajstić information content (AvgIpc) is 3.33. The predicted molar refractivity (Wildman–Crippen MR) is 91.6 cm³/mol. The highest BCUT2D eigenvalue weighted by molar-refractivity contribution is 6.42. The van der Waals surface area contributed by atoms with Crippen LogP contribution in [0.5, 0.6) is 0 Å². The Morgan fingerprint density at radius 2 is 2.04 bits per heavy atom. The van der Waals surface area contributed by atoms with Crippen molar-refractivity contribution in [3.05, 3.63) is 46.5 Å². The highest BCUT2D eigenvalue weighted by Gasteiger charge is 2.30. The molecule has 0 atom stereocenters. The van der Waals surface area contributed by atoms with Crippen LogP contribution in [-0.2, 0) is 11.3 Å². The van der Waals surface area contributed by atoms with Gasteiger partial charge in [0.1, 0.15) is 0 Å². The third kappa shape index (κ3) is 5.86. The van der Waals surface area contributed by atoms with E-state index in [2.05, 4.69) is 17.2 Å². The van der Waals surface area contributed by atoms with Crippen LogP contribution in [0.2, 0.25) is 10.0 Å². The number of carbonyl (C=O) groups is 2. The van der Waals surface area contributed by atoms with E-state index in [9.17, 15) is 9.59 Å². The molecule has 0 heterocycles. The summed E-state index contributed by atoms with van der Waals surface area (Å²) in [6, 6.07) is 5.28. The Labute approximate surface area is 145 Å². The Morgan fingerprint density at radius 1 is 1.30 bits per heavy atom. The van der Waals surface area contributed by atoms with Crippen LogP contribution in [0, 0.1) is 0 Å². The monoisotopic (exact) mass is 355 g/mol. The van der Waals surface area contributed by atoms with Crippen molar-refractivity contribution < 1.29 is 9.59 Å². The molecule has 0 unspecified atom stereocenters. The highest BCUT2D eigenvalue weighted by Crippen LogP contribution is 2.29. The molecular formula is C16H19Cl2N3O2. The van der Waals surface area contributed by atoms with E-state index in [0.29, 0.717) is 29.2 Å². The number of amides is 3. The fourth-order valence-corrected chi connectivity index (χ4v) is 2.51. The molecule has 0 radical (unpaired) electrons. The number of imide groups is 1. The Kier molecular flexibility index (Phi) is 6.45. The third-order valence-electron chi connectivity index (χ3n) is 3.44. The Bertz CT molecular complexity index is 603. The van der Waals surface area contributed by atoms with E-state index < -0.39 is 6.03 Å². The lowest BCUT2D eigenvalue weighted by Gasteiger charge is -2.21. The van der Waals surface area contributed by atoms with Crippen LogP contribution in [0.4, 0.5) is 4.79 Å². The summed E-state index contributed by atoms with van der Waals surface area (Å²) < 4.78 is 0. The topological polar surface area (TPSA) is 61.4 Å². The fourth-order valence-electron chi connectivity index (χ4n) is 2.19. The predicted octanol–water partition coefficient (Wildman–Crippen LogP) is 2.97. The number of hydrogen-bond acceptors (Lipinski definition) is 3. The molecule has 23 heavy (non-hydrogen) atoms. The number of hydrogen-bond donors (Lipinski definition) is 2. The molecule has 3 amide bonds. The van der Waals surface area contributed by atoms with E-state index in [-0.39, 0.29) is 12.5 Å². The van der Waals surface area contributed by atoms with Gasteiger partial charge in [-0.25, -0.2) is 4.79 Å². The quantitative estimate of drug-likeness (QED) is 0.739. The van der Waals surface area contributed by atoms with Crippen molar-refractivity contribution in [3.8, 4) is 0 Å². The van der Waals surface area contributed by atoms with Gasteiger partial charge in [-0.1, -0.05) is 35.3 Å². The first-order valence-corrected chi connectivity index (χ1v) is 8.11. The summed E-state index contributed by atoms with van der Waals surface area (Å²) >= 11 is 11.9. The number of carbonyl (C=O) groups excluding carboxylic acids is 2. The summed E-state index contributed by atoms with van der Waals surface area (Å²) in [4.78, 5) is 25.5. The number of rotatable bonds is 7. The van der Waals surface area contributed by atoms with Crippen molar-refractivity contribution in [2.45, 2.75) is 25.4 Å². The van der Waals surface area contributed by atoms with Gasteiger partial charge in [-0.15, -0.1) is 6.58 Å². The first-order chi connectivity index (χ1) is 11.0. The second-order valence-electron chi connectivity index (χ2n) is 5.43. The summed E-state index contributed by atoms with van der Waals surface area (Å²) in [5, 5.41) is 5.81. The van der Waals surface area contributed by atoms with Crippen LogP contribution in [0.15, 0.2) is 30.9 Å². The Balaban J connectivity index is 1.91. The normalized spacial score (nSPS) is 13.7. The highest BCUT2D eigenvalue weighted by atomic mass is 35.5. The first kappa shape index (κ1) is 17.8. The Morgan fingerprint density at radius 3 is 2.65 bits per heavy atom. The van der Waals surface area contributed by atoms with E-state index in [4.69, 9.17) is 23.2 Å². The van der Waals surface area contributed by atoms with Gasteiger partial charge in [0, 0.05) is 19.1 Å². The fraction of sp³-hybridized carbons (Fsp3) is 0.375. The summed E-state index contributed by atoms with van der Waals surface area (Å²) in [5.41, 5.74) is 0.982. The zero-order valence-corrected chi connectivity index (χ0v) is 14.2. The number of nitrogens with one attached hydrogen (secondary N) is 2. The van der Waals surface area contributed by atoms with Crippen LogP contribution in [0.1, 0.15) is 18.4 Å². The minimum atomic E-state index is -0.514. The van der Waals surface area contributed by atoms with Crippen LogP contribution >= 0.6 is 23.2 Å². The zero-order chi connectivity index (χ0) is 16.8. The molecule has 0 aliphatic heterocycles. The largest absolute Gasteiger partial charge is 0.334 e. The second kappa shape index (κ2) is 8.34. The maximum Gasteiger partial charge on any atom is 0.321 e. The minimum absolute atomic E-state index is 0.159. The van der Waals surface area contributed by atoms with Gasteiger partial charge in [0.15, 0.2) is 0 Å². The number of nitrogens with zero attached hydrogens (tertiary/aromatic N) is 1. The molecule has 2 rings (SSSR count). The standard InChI is InChI=1S/C16H19Cl2N3O2/c1-2-7-19-16(23)20-15(22)10-21(12-4-5-12)9-11-3-6-13(17)14(18)8-11/h2-3,6,8,12H,1,4-5,7,9-10H2,(H2,19,20,22,23). The maximum atomic E-state index is 12.0. The number of urea groups is 1. The molecule has 0 aromatic heterocycles. The molecule has 2 N–H and O–H groups in total. The molecule has 1 aromatic rings. The van der Waals surface area contributed by atoms with Gasteiger partial charge in [0.05, 0.1) is 16.6 Å². The van der Waals surface area contributed by atoms with Crippen molar-refractivity contribution >= 4 is 35.1 Å². The molecular weight excluding hydrogens is 337 g/mol. The van der Waals surface area contributed by atoms with E-state index >= 15 is 0 Å². The van der Waals surface area contributed by atoms with Crippen molar-refractivity contribution in [3.63, 3.8) is 0 Å². The van der Waals surface area contributed by atoms with Gasteiger partial charge in [-0.2, -0.15) is 0 Å². The molecule has 0 bridgehead atoms. The number of benzene rings is 1. The molecule has 5 nitrogen and oxygen atoms in total. The van der Waals surface area contributed by atoms with Gasteiger partial charge in [0.25, 0.3) is 0 Å². The molecule has 0 spiro atoms. The zero-order valence-electron chi connectivity index (χ0n) is 12.6. The molecule has 1 aliphatic rings. The van der Waals surface area contributed by atoms with E-state index in [1.807, 2.05) is 11.0 Å². The van der Waals surface area contributed by atoms with Gasteiger partial charge in [-0.3, -0.25) is 15.0 Å². The van der Waals surface area contributed by atoms with Crippen molar-refractivity contribution in [2.24, 2.45) is 0 Å². The average molecular weight is 356 g/mol. The van der Waals surface area contributed by atoms with E-state index in [1.54, 1.807) is 18.2 Å². The van der Waals surface area contributed by atoms with Gasteiger partial charge in [-0.05, 0) is 30.5 Å². The van der Waals surface area contributed by atoms with E-state index in [0.717, 1.165) is 18.4 Å². The molecule has 124 valence electrons. The van der Waals surface area contributed by atoms with Crippen LogP contribution in [-0.4, -0.2) is 36.0 Å². The molecule has 1 fully saturated rings. The van der Waals surface area contributed by atoms with Crippen LogP contribution in [0.25, 0.3) is 0 Å². The van der Waals surface area contributed by atoms with E-state index in [1.165, 1.54) is 0 Å². The third-order valence-corrected chi connectivity index (χ3v) is 4.18. The molecule has 7 heteroatoms. The second-order valence-corrected chi connectivity index (χ2v) is 6.25. The lowest BCUT2D eigenvalue weighted by molar-refractivity contribution is -0.121. The lowest BCUT2D eigenvalue weighted by atomic mass is 10.2. The lowest BCUT2D eigenvalue weighted by Crippen LogP contribution is -2.44. The SMILES string of the molecule is C=CCNC(=O)NC(=O)CN(Cc1ccc(Cl)c(Cl)c1)C1CC1. The minimum Gasteiger partial charge on any atom is -0.334 e. The van der Waals surface area contributed by atoms with Crippen LogP contribution < -0.4 is 10.6 Å². The number of halogens is 2. The summed E-state index contributed by atoms with van der Waals surface area (Å²) in [7, 11) is 0. The Hall–Kier alpha value is -1.56. The maximum absolute atomic E-state index is 12.0. The van der Waals surface area contributed by atoms with Gasteiger partial charge >= 0.3 is 6.03 Å². The van der Waals surface area contributed by atoms with Crippen molar-refractivity contribution in [1.82, 2.24) is 15.5 Å². The summed E-state index contributed by atoms with van der Waals surface area (Å²) in [6.45, 7) is 4.56. The molecule has 0 saturated heterocycles. The molecule has 1 aliphatic carbocycles. The van der Waals surface area contributed by atoms with Gasteiger partial charge in [0.2, 0.25) is 5.91 Å². The summed E-state index contributed by atoms with van der Waals surface area (Å²) in [5.74, 6) is -0.335. The van der Waals surface area contributed by atoms with Gasteiger partial charge < -0.3 is 5.32 Å².